The van der Waals surface area contributed by atoms with Crippen molar-refractivity contribution in [2.45, 2.75) is 32.5 Å². The quantitative estimate of drug-likeness (QED) is 0.609. The van der Waals surface area contributed by atoms with Gasteiger partial charge >= 0.3 is 5.97 Å². The van der Waals surface area contributed by atoms with Gasteiger partial charge in [0.15, 0.2) is 0 Å². The van der Waals surface area contributed by atoms with Crippen molar-refractivity contribution in [2.75, 3.05) is 19.0 Å². The molecule has 0 spiro atoms. The first-order valence-electron chi connectivity index (χ1n) is 6.66. The molecule has 0 aliphatic rings. The first-order chi connectivity index (χ1) is 9.67. The highest BCUT2D eigenvalue weighted by atomic mass is 79.9. The zero-order valence-corrected chi connectivity index (χ0v) is 13.8. The van der Waals surface area contributed by atoms with Crippen molar-refractivity contribution in [1.29, 1.82) is 0 Å². The first kappa shape index (κ1) is 19.1. The highest BCUT2D eigenvalue weighted by Crippen LogP contribution is 2.09. The number of hydrogen-bond acceptors (Lipinski definition) is 4. The topological polar surface area (TPSA) is 61.5 Å². The number of alkyl halides is 1. The van der Waals surface area contributed by atoms with E-state index in [1.165, 1.54) is 12.7 Å². The molecular weight excluding hydrogens is 322 g/mol. The number of carbonyl (C=O) groups is 1. The molecule has 0 aromatic heterocycles. The average Bonchev–Trinajstić information content (AvgIpc) is 2.52. The van der Waals surface area contributed by atoms with Crippen LogP contribution in [0, 0.1) is 0 Å². The minimum absolute atomic E-state index is 0.0312. The van der Waals surface area contributed by atoms with Gasteiger partial charge in [-0.2, -0.15) is 0 Å². The molecule has 0 aliphatic carbocycles. The zero-order valence-electron chi connectivity index (χ0n) is 12.2. The van der Waals surface area contributed by atoms with Crippen LogP contribution in [0.25, 0.3) is 0 Å². The second kappa shape index (κ2) is 13.1. The Balaban J connectivity index is 0.000000511. The summed E-state index contributed by atoms with van der Waals surface area (Å²) in [6, 6.07) is 10.3. The zero-order chi connectivity index (χ0) is 15.2. The lowest BCUT2D eigenvalue weighted by atomic mass is 10.2. The summed E-state index contributed by atoms with van der Waals surface area (Å²) in [5.74, 6) is -0.380. The van der Waals surface area contributed by atoms with Crippen molar-refractivity contribution in [3.05, 3.63) is 35.9 Å². The van der Waals surface area contributed by atoms with Gasteiger partial charge in [0.1, 0.15) is 0 Å². The number of halogens is 1. The van der Waals surface area contributed by atoms with Crippen molar-refractivity contribution in [3.63, 3.8) is 0 Å². The van der Waals surface area contributed by atoms with Crippen molar-refractivity contribution in [3.8, 4) is 0 Å². The van der Waals surface area contributed by atoms with Gasteiger partial charge in [0, 0.05) is 5.33 Å². The second-order valence-corrected chi connectivity index (χ2v) is 4.88. The van der Waals surface area contributed by atoms with Gasteiger partial charge in [-0.15, -0.1) is 0 Å². The summed E-state index contributed by atoms with van der Waals surface area (Å²) in [6.07, 6.45) is 2.55. The molecule has 0 radical (unpaired) electrons. The summed E-state index contributed by atoms with van der Waals surface area (Å²) in [5, 5.41) is 1.01. The Morgan fingerprint density at radius 1 is 1.35 bits per heavy atom. The molecule has 114 valence electrons. The number of carbonyl (C=O) groups excluding carboxylic acids is 1. The van der Waals surface area contributed by atoms with Crippen LogP contribution in [0.2, 0.25) is 0 Å². The van der Waals surface area contributed by atoms with E-state index in [1.54, 1.807) is 0 Å². The summed E-state index contributed by atoms with van der Waals surface area (Å²) in [6.45, 7) is 2.86. The van der Waals surface area contributed by atoms with Crippen LogP contribution in [0.5, 0.6) is 0 Å². The van der Waals surface area contributed by atoms with E-state index >= 15 is 0 Å². The predicted molar refractivity (Wildman–Crippen MR) is 84.8 cm³/mol. The fraction of sp³-hybridized carbons (Fsp3) is 0.533. The van der Waals surface area contributed by atoms with E-state index in [2.05, 4.69) is 39.7 Å². The Morgan fingerprint density at radius 2 is 2.00 bits per heavy atom. The lowest BCUT2D eigenvalue weighted by Gasteiger charge is -2.14. The van der Waals surface area contributed by atoms with Crippen LogP contribution >= 0.6 is 15.9 Å². The molecule has 1 aromatic carbocycles. The predicted octanol–water partition coefficient (Wildman–Crippen LogP) is 2.88. The number of nitrogens with two attached hydrogens (primary N) is 1. The lowest BCUT2D eigenvalue weighted by molar-refractivity contribution is -0.138. The third kappa shape index (κ3) is 9.95. The molecule has 0 amide bonds. The maximum atomic E-state index is 9.83. The molecule has 0 saturated carbocycles. The molecule has 0 saturated heterocycles. The van der Waals surface area contributed by atoms with E-state index in [9.17, 15) is 4.79 Å². The molecule has 1 aromatic rings. The molecule has 20 heavy (non-hydrogen) atoms. The normalized spacial score (nSPS) is 11.2. The monoisotopic (exact) mass is 345 g/mol. The van der Waals surface area contributed by atoms with Gasteiger partial charge in [0.05, 0.1) is 26.4 Å². The number of rotatable bonds is 7. The Hall–Kier alpha value is -0.910. The molecule has 1 unspecified atom stereocenters. The summed E-state index contributed by atoms with van der Waals surface area (Å²) in [7, 11) is 1.30. The van der Waals surface area contributed by atoms with E-state index in [4.69, 9.17) is 10.5 Å². The standard InChI is InChI=1S/C12H17BrO.C3H7NO2/c1-2-12(8-9-13)14-10-11-6-4-3-5-7-11;1-6-3(5)2-4/h3-7,12H,2,8-10H2,1H3;2,4H2,1H3. The van der Waals surface area contributed by atoms with E-state index < -0.39 is 0 Å². The highest BCUT2D eigenvalue weighted by molar-refractivity contribution is 9.09. The van der Waals surface area contributed by atoms with Gasteiger partial charge in [-0.1, -0.05) is 53.2 Å². The van der Waals surface area contributed by atoms with Gasteiger partial charge in [-0.3, -0.25) is 4.79 Å². The van der Waals surface area contributed by atoms with Gasteiger partial charge in [-0.05, 0) is 18.4 Å². The summed E-state index contributed by atoms with van der Waals surface area (Å²) in [5.41, 5.74) is 6.06. The Morgan fingerprint density at radius 3 is 2.40 bits per heavy atom. The molecule has 0 fully saturated rings. The number of benzene rings is 1. The van der Waals surface area contributed by atoms with Gasteiger partial charge in [0.25, 0.3) is 0 Å². The van der Waals surface area contributed by atoms with Crippen LogP contribution in [0.15, 0.2) is 30.3 Å². The second-order valence-electron chi connectivity index (χ2n) is 4.08. The Kier molecular flexibility index (Phi) is 12.5. The van der Waals surface area contributed by atoms with Crippen LogP contribution in [-0.2, 0) is 20.9 Å². The number of hydrogen-bond donors (Lipinski definition) is 1. The lowest BCUT2D eigenvalue weighted by Crippen LogP contribution is -2.14. The van der Waals surface area contributed by atoms with Crippen LogP contribution in [0.4, 0.5) is 0 Å². The minimum atomic E-state index is -0.380. The fourth-order valence-electron chi connectivity index (χ4n) is 1.40. The summed E-state index contributed by atoms with van der Waals surface area (Å²) >= 11 is 3.44. The van der Waals surface area contributed by atoms with Crippen LogP contribution in [0.3, 0.4) is 0 Å². The Bertz CT molecular complexity index is 340. The highest BCUT2D eigenvalue weighted by Gasteiger charge is 2.05. The van der Waals surface area contributed by atoms with Crippen molar-refractivity contribution in [1.82, 2.24) is 0 Å². The van der Waals surface area contributed by atoms with Gasteiger partial charge in [0.2, 0.25) is 0 Å². The third-order valence-corrected chi connectivity index (χ3v) is 3.07. The molecule has 1 rings (SSSR count). The largest absolute Gasteiger partial charge is 0.468 e. The molecule has 5 heteroatoms. The number of methoxy groups -OCH3 is 1. The summed E-state index contributed by atoms with van der Waals surface area (Å²) in [4.78, 5) is 9.83. The summed E-state index contributed by atoms with van der Waals surface area (Å²) < 4.78 is 9.92. The van der Waals surface area contributed by atoms with Gasteiger partial charge in [-0.25, -0.2) is 0 Å². The van der Waals surface area contributed by atoms with Crippen LogP contribution in [-0.4, -0.2) is 31.1 Å². The number of ether oxygens (including phenoxy) is 2. The van der Waals surface area contributed by atoms with Crippen molar-refractivity contribution < 1.29 is 14.3 Å². The fourth-order valence-corrected chi connectivity index (χ4v) is 1.91. The van der Waals surface area contributed by atoms with E-state index in [1.807, 2.05) is 18.2 Å². The van der Waals surface area contributed by atoms with Crippen molar-refractivity contribution >= 4 is 21.9 Å². The minimum Gasteiger partial charge on any atom is -0.468 e. The third-order valence-electron chi connectivity index (χ3n) is 2.61. The average molecular weight is 346 g/mol. The van der Waals surface area contributed by atoms with Crippen LogP contribution in [0.1, 0.15) is 25.3 Å². The Labute approximate surface area is 129 Å². The van der Waals surface area contributed by atoms with Gasteiger partial charge < -0.3 is 15.2 Å². The number of esters is 1. The molecule has 1 atom stereocenters. The first-order valence-corrected chi connectivity index (χ1v) is 7.78. The maximum absolute atomic E-state index is 9.83. The molecule has 0 bridgehead atoms. The molecular formula is C15H24BrNO3. The SMILES string of the molecule is CCC(CCBr)OCc1ccccc1.COC(=O)CN. The van der Waals surface area contributed by atoms with Crippen LogP contribution < -0.4 is 5.73 Å². The molecule has 4 nitrogen and oxygen atoms in total. The maximum Gasteiger partial charge on any atom is 0.319 e. The molecule has 0 heterocycles. The van der Waals surface area contributed by atoms with E-state index in [0.717, 1.165) is 24.8 Å². The van der Waals surface area contributed by atoms with E-state index in [-0.39, 0.29) is 12.5 Å². The van der Waals surface area contributed by atoms with E-state index in [0.29, 0.717) is 6.10 Å². The molecule has 0 aliphatic heterocycles. The molecule has 2 N–H and O–H groups in total. The van der Waals surface area contributed by atoms with Crippen molar-refractivity contribution in [2.24, 2.45) is 5.73 Å². The smallest absolute Gasteiger partial charge is 0.319 e.